The fourth-order valence-electron chi connectivity index (χ4n) is 5.31. The summed E-state index contributed by atoms with van der Waals surface area (Å²) in [6, 6.07) is 0.0769. The highest BCUT2D eigenvalue weighted by Crippen LogP contribution is 2.44. The first-order valence-corrected chi connectivity index (χ1v) is 9.78. The van der Waals surface area contributed by atoms with E-state index in [0.29, 0.717) is 41.3 Å². The second-order valence-electron chi connectivity index (χ2n) is 8.47. The lowest BCUT2D eigenvalue weighted by atomic mass is 10.00. The number of anilines is 1. The highest BCUT2D eigenvalue weighted by molar-refractivity contribution is 5.90. The molecule has 1 saturated heterocycles. The Kier molecular flexibility index (Phi) is 3.57. The van der Waals surface area contributed by atoms with Gasteiger partial charge in [-0.25, -0.2) is 9.18 Å². The number of benzene rings is 1. The molecule has 1 aromatic heterocycles. The molecule has 3 unspecified atom stereocenters. The Balaban J connectivity index is 1.76. The number of hydrogen-bond donors (Lipinski definition) is 2. The van der Waals surface area contributed by atoms with Crippen LogP contribution in [0.15, 0.2) is 9.59 Å². The van der Waals surface area contributed by atoms with Gasteiger partial charge in [-0.2, -0.15) is 0 Å². The number of nitrogens with one attached hydrogen (secondary N) is 1. The molecule has 1 aromatic carbocycles. The van der Waals surface area contributed by atoms with Crippen LogP contribution >= 0.6 is 0 Å². The number of nitrogens with zero attached hydrogens (tertiary/aromatic N) is 2. The van der Waals surface area contributed by atoms with Crippen molar-refractivity contribution < 1.29 is 9.50 Å². The summed E-state index contributed by atoms with van der Waals surface area (Å²) in [5.74, 6) is 0.158. The first kappa shape index (κ1) is 17.0. The largest absolute Gasteiger partial charge is 0.393 e. The molecule has 0 bridgehead atoms. The first-order chi connectivity index (χ1) is 12.9. The Morgan fingerprint density at radius 3 is 2.48 bits per heavy atom. The second-order valence-corrected chi connectivity index (χ2v) is 8.47. The normalized spacial score (nSPS) is 27.6. The maximum atomic E-state index is 15.4. The number of fused-ring (bicyclic) bond motifs is 2. The molecule has 5 rings (SSSR count). The van der Waals surface area contributed by atoms with Gasteiger partial charge in [0.15, 0.2) is 5.82 Å². The van der Waals surface area contributed by atoms with Crippen LogP contribution in [0.4, 0.5) is 10.1 Å². The van der Waals surface area contributed by atoms with E-state index in [4.69, 9.17) is 0 Å². The lowest BCUT2D eigenvalue weighted by molar-refractivity contribution is 0.133. The second kappa shape index (κ2) is 5.67. The zero-order valence-electron chi connectivity index (χ0n) is 15.6. The summed E-state index contributed by atoms with van der Waals surface area (Å²) < 4.78 is 17.0. The molecule has 2 heterocycles. The van der Waals surface area contributed by atoms with Gasteiger partial charge in [-0.15, -0.1) is 0 Å². The molecule has 0 amide bonds. The van der Waals surface area contributed by atoms with Crippen LogP contribution in [0.25, 0.3) is 10.9 Å². The summed E-state index contributed by atoms with van der Waals surface area (Å²) in [5.41, 5.74) is 1.06. The number of aryl methyl sites for hydroxylation is 2. The van der Waals surface area contributed by atoms with Gasteiger partial charge in [-0.3, -0.25) is 14.3 Å². The molecule has 0 spiro atoms. The van der Waals surface area contributed by atoms with Crippen LogP contribution in [0.5, 0.6) is 0 Å². The first-order valence-electron chi connectivity index (χ1n) is 9.78. The molecular formula is C20H24FN3O3. The van der Waals surface area contributed by atoms with E-state index < -0.39 is 11.2 Å². The van der Waals surface area contributed by atoms with E-state index in [1.165, 1.54) is 0 Å². The van der Waals surface area contributed by atoms with Crippen molar-refractivity contribution in [2.24, 2.45) is 11.8 Å². The Bertz CT molecular complexity index is 1070. The third kappa shape index (κ3) is 2.33. The predicted molar refractivity (Wildman–Crippen MR) is 101 cm³/mol. The zero-order valence-corrected chi connectivity index (χ0v) is 15.6. The number of hydrogen-bond acceptors (Lipinski definition) is 4. The van der Waals surface area contributed by atoms with E-state index >= 15 is 4.39 Å². The van der Waals surface area contributed by atoms with Crippen molar-refractivity contribution in [2.45, 2.75) is 51.7 Å². The number of halogens is 1. The maximum absolute atomic E-state index is 15.4. The summed E-state index contributed by atoms with van der Waals surface area (Å²) >= 11 is 0. The monoisotopic (exact) mass is 373 g/mol. The topological polar surface area (TPSA) is 78.3 Å². The molecule has 1 aliphatic heterocycles. The highest BCUT2D eigenvalue weighted by Gasteiger charge is 2.43. The molecule has 3 fully saturated rings. The molecular weight excluding hydrogens is 349 g/mol. The van der Waals surface area contributed by atoms with Crippen LogP contribution in [0.3, 0.4) is 0 Å². The summed E-state index contributed by atoms with van der Waals surface area (Å²) in [5, 5.41) is 10.5. The average Bonchev–Trinajstić information content (AvgIpc) is 3.27. The number of aromatic nitrogens is 2. The fourth-order valence-corrected chi connectivity index (χ4v) is 5.31. The van der Waals surface area contributed by atoms with E-state index in [0.717, 1.165) is 25.7 Å². The van der Waals surface area contributed by atoms with Gasteiger partial charge in [0.2, 0.25) is 0 Å². The van der Waals surface area contributed by atoms with Gasteiger partial charge in [0.25, 0.3) is 5.56 Å². The lowest BCUT2D eigenvalue weighted by Gasteiger charge is -2.26. The molecule has 0 radical (unpaired) electrons. The van der Waals surface area contributed by atoms with Gasteiger partial charge in [0, 0.05) is 36.2 Å². The van der Waals surface area contributed by atoms with Crippen LogP contribution in [-0.2, 0) is 0 Å². The van der Waals surface area contributed by atoms with Crippen LogP contribution in [0, 0.1) is 31.5 Å². The highest BCUT2D eigenvalue weighted by atomic mass is 19.1. The smallest absolute Gasteiger partial charge is 0.329 e. The summed E-state index contributed by atoms with van der Waals surface area (Å²) in [6.07, 6.45) is 3.25. The predicted octanol–water partition coefficient (Wildman–Crippen LogP) is 1.99. The van der Waals surface area contributed by atoms with E-state index in [-0.39, 0.29) is 29.3 Å². The SMILES string of the molecule is Cc1c(F)c(N2CC3CCC(O)C3C2)c(C)c2c1c(=O)[nH]c(=O)n2C1CC1. The lowest BCUT2D eigenvalue weighted by Crippen LogP contribution is -2.32. The van der Waals surface area contributed by atoms with Crippen molar-refractivity contribution in [2.75, 3.05) is 18.0 Å². The van der Waals surface area contributed by atoms with Crippen LogP contribution in [0.1, 0.15) is 42.9 Å². The van der Waals surface area contributed by atoms with Crippen molar-refractivity contribution in [1.82, 2.24) is 9.55 Å². The van der Waals surface area contributed by atoms with Gasteiger partial charge >= 0.3 is 5.69 Å². The Hall–Kier alpha value is -2.15. The average molecular weight is 373 g/mol. The third-order valence-corrected chi connectivity index (χ3v) is 6.81. The number of rotatable bonds is 2. The quantitative estimate of drug-likeness (QED) is 0.844. The van der Waals surface area contributed by atoms with Gasteiger partial charge < -0.3 is 10.0 Å². The third-order valence-electron chi connectivity index (χ3n) is 6.81. The molecule has 7 heteroatoms. The molecule has 2 N–H and O–H groups in total. The van der Waals surface area contributed by atoms with Crippen molar-refractivity contribution in [3.05, 3.63) is 37.8 Å². The number of aliphatic hydroxyl groups is 1. The molecule has 2 aromatic rings. The summed E-state index contributed by atoms with van der Waals surface area (Å²) in [4.78, 5) is 29.3. The molecule has 144 valence electrons. The minimum atomic E-state index is -0.522. The minimum Gasteiger partial charge on any atom is -0.393 e. The zero-order chi connectivity index (χ0) is 19.0. The maximum Gasteiger partial charge on any atom is 0.329 e. The van der Waals surface area contributed by atoms with E-state index in [1.54, 1.807) is 11.5 Å². The minimum absolute atomic E-state index is 0.0769. The van der Waals surface area contributed by atoms with E-state index in [2.05, 4.69) is 4.98 Å². The van der Waals surface area contributed by atoms with E-state index in [9.17, 15) is 14.7 Å². The fraction of sp³-hybridized carbons (Fsp3) is 0.600. The number of H-pyrrole nitrogens is 1. The van der Waals surface area contributed by atoms with Crippen LogP contribution < -0.4 is 16.1 Å². The Labute approximate surface area is 155 Å². The van der Waals surface area contributed by atoms with Crippen molar-refractivity contribution in [3.63, 3.8) is 0 Å². The van der Waals surface area contributed by atoms with Gasteiger partial charge in [-0.05, 0) is 45.4 Å². The number of aliphatic hydroxyl groups excluding tert-OH is 1. The molecule has 3 aliphatic rings. The molecule has 2 aliphatic carbocycles. The standard InChI is InChI=1S/C20H24FN3O3/c1-9-15-17(24(12-4-5-12)20(27)22-19(15)26)10(2)18(16(9)21)23-7-11-3-6-14(25)13(11)8-23/h11-14,25H,3-8H2,1-2H3,(H,22,26,27). The molecule has 3 atom stereocenters. The van der Waals surface area contributed by atoms with Gasteiger partial charge in [0.1, 0.15) is 0 Å². The van der Waals surface area contributed by atoms with Crippen molar-refractivity contribution >= 4 is 16.6 Å². The van der Waals surface area contributed by atoms with Gasteiger partial charge in [0.05, 0.1) is 22.7 Å². The van der Waals surface area contributed by atoms with Crippen LogP contribution in [-0.4, -0.2) is 33.9 Å². The summed E-state index contributed by atoms with van der Waals surface area (Å²) in [6.45, 7) is 4.75. The van der Waals surface area contributed by atoms with Gasteiger partial charge in [-0.1, -0.05) is 0 Å². The van der Waals surface area contributed by atoms with E-state index in [1.807, 2.05) is 11.8 Å². The Morgan fingerprint density at radius 2 is 1.81 bits per heavy atom. The molecule has 6 nitrogen and oxygen atoms in total. The number of aromatic amines is 1. The van der Waals surface area contributed by atoms with Crippen LogP contribution in [0.2, 0.25) is 0 Å². The van der Waals surface area contributed by atoms with Crippen molar-refractivity contribution in [3.8, 4) is 0 Å². The van der Waals surface area contributed by atoms with Crippen molar-refractivity contribution in [1.29, 1.82) is 0 Å². The summed E-state index contributed by atoms with van der Waals surface area (Å²) in [7, 11) is 0. The Morgan fingerprint density at radius 1 is 1.07 bits per heavy atom. The molecule has 27 heavy (non-hydrogen) atoms. The molecule has 2 saturated carbocycles.